The van der Waals surface area contributed by atoms with Crippen LogP contribution < -0.4 is 11.1 Å². The molecule has 1 heterocycles. The molecule has 0 unspecified atom stereocenters. The third-order valence-electron chi connectivity index (χ3n) is 3.15. The van der Waals surface area contributed by atoms with Crippen molar-refractivity contribution in [1.29, 1.82) is 0 Å². The Balaban J connectivity index is 1.72. The van der Waals surface area contributed by atoms with Crippen LogP contribution in [-0.4, -0.2) is 4.98 Å². The van der Waals surface area contributed by atoms with Crippen LogP contribution in [0.1, 0.15) is 17.6 Å². The number of rotatable bonds is 4. The van der Waals surface area contributed by atoms with Crippen LogP contribution in [0.2, 0.25) is 0 Å². The summed E-state index contributed by atoms with van der Waals surface area (Å²) >= 11 is 0. The Morgan fingerprint density at radius 1 is 1.14 bits per heavy atom. The van der Waals surface area contributed by atoms with Crippen LogP contribution in [0.25, 0.3) is 11.1 Å². The topological polar surface area (TPSA) is 58.0 Å². The summed E-state index contributed by atoms with van der Waals surface area (Å²) in [6.07, 6.45) is -2.45. The Hall–Kier alpha value is -2.63. The van der Waals surface area contributed by atoms with E-state index < -0.39 is 12.2 Å². The fraction of sp³-hybridized carbons (Fsp3) is 0.133. The second-order valence-electron chi connectivity index (χ2n) is 4.62. The minimum absolute atomic E-state index is 0.0103. The molecule has 0 saturated heterocycles. The summed E-state index contributed by atoms with van der Waals surface area (Å²) in [7, 11) is 0. The zero-order valence-electron chi connectivity index (χ0n) is 10.9. The largest absolute Gasteiger partial charge is 0.417 e. The molecule has 0 radical (unpaired) electrons. The summed E-state index contributed by atoms with van der Waals surface area (Å²) in [5, 5.41) is 3.16. The van der Waals surface area contributed by atoms with Crippen LogP contribution in [0.5, 0.6) is 0 Å². The second-order valence-corrected chi connectivity index (χ2v) is 4.62. The summed E-state index contributed by atoms with van der Waals surface area (Å²) in [6, 6.07) is 11.4. The Morgan fingerprint density at radius 3 is 2.62 bits per heavy atom. The monoisotopic (exact) mass is 290 g/mol. The van der Waals surface area contributed by atoms with E-state index in [0.717, 1.165) is 11.3 Å². The van der Waals surface area contributed by atoms with E-state index in [1.165, 1.54) is 12.1 Å². The smallest absolute Gasteiger partial charge is 0.408 e. The standard InChI is InChI=1S/C15H12F2N2O2/c16-14(17)10-3-1-9(2-4-10)8-18-11-5-6-13-12(7-11)19-15(20)21-13/h1-7,14,18H,8H2,(H,19,20). The highest BCUT2D eigenvalue weighted by molar-refractivity contribution is 5.76. The fourth-order valence-corrected chi connectivity index (χ4v) is 2.05. The van der Waals surface area contributed by atoms with Gasteiger partial charge in [0.25, 0.3) is 6.43 Å². The van der Waals surface area contributed by atoms with Gasteiger partial charge < -0.3 is 9.73 Å². The molecule has 0 amide bonds. The molecule has 4 nitrogen and oxygen atoms in total. The molecule has 21 heavy (non-hydrogen) atoms. The van der Waals surface area contributed by atoms with E-state index >= 15 is 0 Å². The highest BCUT2D eigenvalue weighted by atomic mass is 19.3. The number of hydrogen-bond acceptors (Lipinski definition) is 3. The second kappa shape index (κ2) is 5.40. The number of anilines is 1. The highest BCUT2D eigenvalue weighted by Gasteiger charge is 2.06. The molecule has 3 aromatic rings. The number of aromatic nitrogens is 1. The number of fused-ring (bicyclic) bond motifs is 1. The molecule has 0 atom stereocenters. The molecular formula is C15H12F2N2O2. The molecule has 6 heteroatoms. The molecule has 0 aliphatic carbocycles. The predicted octanol–water partition coefficient (Wildman–Crippen LogP) is 3.67. The number of nitrogens with one attached hydrogen (secondary N) is 2. The minimum atomic E-state index is -2.45. The van der Waals surface area contributed by atoms with Crippen molar-refractivity contribution in [3.8, 4) is 0 Å². The van der Waals surface area contributed by atoms with Gasteiger partial charge in [-0.05, 0) is 23.8 Å². The molecule has 3 rings (SSSR count). The summed E-state index contributed by atoms with van der Waals surface area (Å²) < 4.78 is 29.8. The lowest BCUT2D eigenvalue weighted by Crippen LogP contribution is -1.99. The zero-order chi connectivity index (χ0) is 14.8. The van der Waals surface area contributed by atoms with Crippen LogP contribution in [0, 0.1) is 0 Å². The van der Waals surface area contributed by atoms with Crippen LogP contribution in [0.15, 0.2) is 51.7 Å². The normalized spacial score (nSPS) is 11.2. The zero-order valence-corrected chi connectivity index (χ0v) is 10.9. The highest BCUT2D eigenvalue weighted by Crippen LogP contribution is 2.20. The maximum atomic E-state index is 12.4. The van der Waals surface area contributed by atoms with Crippen molar-refractivity contribution >= 4 is 16.8 Å². The van der Waals surface area contributed by atoms with E-state index in [2.05, 4.69) is 10.3 Å². The Labute approximate surface area is 118 Å². The lowest BCUT2D eigenvalue weighted by molar-refractivity contribution is 0.151. The van der Waals surface area contributed by atoms with Gasteiger partial charge in [-0.25, -0.2) is 13.6 Å². The fourth-order valence-electron chi connectivity index (χ4n) is 2.05. The summed E-state index contributed by atoms with van der Waals surface area (Å²) in [5.74, 6) is -0.496. The maximum Gasteiger partial charge on any atom is 0.417 e. The Morgan fingerprint density at radius 2 is 1.90 bits per heavy atom. The minimum Gasteiger partial charge on any atom is -0.408 e. The van der Waals surface area contributed by atoms with Gasteiger partial charge in [0, 0.05) is 17.8 Å². The molecule has 0 bridgehead atoms. The lowest BCUT2D eigenvalue weighted by Gasteiger charge is -2.07. The van der Waals surface area contributed by atoms with Gasteiger partial charge in [-0.1, -0.05) is 24.3 Å². The van der Waals surface area contributed by atoms with Crippen molar-refractivity contribution in [2.45, 2.75) is 13.0 Å². The summed E-state index contributed by atoms with van der Waals surface area (Å²) in [6.45, 7) is 0.497. The van der Waals surface area contributed by atoms with Gasteiger partial charge in [0.1, 0.15) is 0 Å². The van der Waals surface area contributed by atoms with E-state index in [4.69, 9.17) is 4.42 Å². The van der Waals surface area contributed by atoms with Crippen molar-refractivity contribution in [1.82, 2.24) is 4.98 Å². The Kier molecular flexibility index (Phi) is 3.43. The van der Waals surface area contributed by atoms with Crippen molar-refractivity contribution in [3.05, 3.63) is 64.1 Å². The molecular weight excluding hydrogens is 278 g/mol. The van der Waals surface area contributed by atoms with Crippen molar-refractivity contribution in [3.63, 3.8) is 0 Å². The molecule has 0 aliphatic heterocycles. The number of aromatic amines is 1. The number of benzene rings is 2. The predicted molar refractivity (Wildman–Crippen MR) is 75.6 cm³/mol. The van der Waals surface area contributed by atoms with Gasteiger partial charge in [0.2, 0.25) is 0 Å². The lowest BCUT2D eigenvalue weighted by atomic mass is 10.1. The van der Waals surface area contributed by atoms with Crippen LogP contribution >= 0.6 is 0 Å². The Bertz CT molecular complexity index is 806. The number of halogens is 2. The molecule has 0 saturated carbocycles. The van der Waals surface area contributed by atoms with Crippen molar-refractivity contribution < 1.29 is 13.2 Å². The van der Waals surface area contributed by atoms with Crippen molar-refractivity contribution in [2.24, 2.45) is 0 Å². The van der Waals surface area contributed by atoms with Gasteiger partial charge >= 0.3 is 5.76 Å². The van der Waals surface area contributed by atoms with E-state index in [-0.39, 0.29) is 5.56 Å². The summed E-state index contributed by atoms with van der Waals surface area (Å²) in [5.41, 5.74) is 2.80. The van der Waals surface area contributed by atoms with E-state index in [9.17, 15) is 13.6 Å². The first-order valence-corrected chi connectivity index (χ1v) is 6.35. The third-order valence-corrected chi connectivity index (χ3v) is 3.15. The molecule has 2 N–H and O–H groups in total. The molecule has 0 spiro atoms. The van der Waals surface area contributed by atoms with Crippen LogP contribution in [0.4, 0.5) is 14.5 Å². The molecule has 0 aliphatic rings. The van der Waals surface area contributed by atoms with E-state index in [0.29, 0.717) is 17.6 Å². The maximum absolute atomic E-state index is 12.4. The first kappa shape index (κ1) is 13.4. The van der Waals surface area contributed by atoms with Gasteiger partial charge in [-0.2, -0.15) is 0 Å². The average molecular weight is 290 g/mol. The van der Waals surface area contributed by atoms with Crippen molar-refractivity contribution in [2.75, 3.05) is 5.32 Å². The summed E-state index contributed by atoms with van der Waals surface area (Å²) in [4.78, 5) is 13.6. The van der Waals surface area contributed by atoms with Gasteiger partial charge in [-0.15, -0.1) is 0 Å². The molecule has 108 valence electrons. The SMILES string of the molecule is O=c1[nH]c2cc(NCc3ccc(C(F)F)cc3)ccc2o1. The molecule has 0 fully saturated rings. The number of oxazole rings is 1. The van der Waals surface area contributed by atoms with Gasteiger partial charge in [-0.3, -0.25) is 4.98 Å². The van der Waals surface area contributed by atoms with Crippen LogP contribution in [-0.2, 0) is 6.54 Å². The van der Waals surface area contributed by atoms with E-state index in [1.807, 2.05) is 0 Å². The number of H-pyrrole nitrogens is 1. The quantitative estimate of drug-likeness (QED) is 0.770. The van der Waals surface area contributed by atoms with Gasteiger partial charge in [0.15, 0.2) is 5.58 Å². The van der Waals surface area contributed by atoms with E-state index in [1.54, 1.807) is 30.3 Å². The van der Waals surface area contributed by atoms with Crippen LogP contribution in [0.3, 0.4) is 0 Å². The first-order valence-electron chi connectivity index (χ1n) is 6.35. The number of hydrogen-bond donors (Lipinski definition) is 2. The molecule has 2 aromatic carbocycles. The number of alkyl halides is 2. The first-order chi connectivity index (χ1) is 10.1. The van der Waals surface area contributed by atoms with Gasteiger partial charge in [0.05, 0.1) is 5.52 Å². The molecule has 1 aromatic heterocycles. The average Bonchev–Trinajstić information content (AvgIpc) is 2.84. The third kappa shape index (κ3) is 2.94.